The molecule has 7 nitrogen and oxygen atoms in total. The fourth-order valence-electron chi connectivity index (χ4n) is 1.58. The second kappa shape index (κ2) is 5.23. The summed E-state index contributed by atoms with van der Waals surface area (Å²) in [6, 6.07) is 6.38. The zero-order valence-electron chi connectivity index (χ0n) is 10.4. The second-order valence-corrected chi connectivity index (χ2v) is 5.93. The van der Waals surface area contributed by atoms with Crippen LogP contribution in [0.5, 0.6) is 0 Å². The summed E-state index contributed by atoms with van der Waals surface area (Å²) < 4.78 is 24.0. The molecule has 1 aromatic heterocycles. The van der Waals surface area contributed by atoms with Gasteiger partial charge in [0.1, 0.15) is 4.90 Å². The number of carbonyl (C=O) groups is 1. The van der Waals surface area contributed by atoms with Gasteiger partial charge in [-0.2, -0.15) is 5.10 Å². The van der Waals surface area contributed by atoms with Crippen LogP contribution in [0.25, 0.3) is 0 Å². The third-order valence-corrected chi connectivity index (χ3v) is 3.69. The zero-order chi connectivity index (χ0) is 14.9. The summed E-state index contributed by atoms with van der Waals surface area (Å²) >= 11 is 5.89. The molecule has 0 bridgehead atoms. The summed E-state index contributed by atoms with van der Waals surface area (Å²) in [6.07, 6.45) is 1.21. The first-order valence-corrected chi connectivity index (χ1v) is 7.34. The average Bonchev–Trinajstić information content (AvgIpc) is 2.70. The molecule has 0 saturated carbocycles. The lowest BCUT2D eigenvalue weighted by atomic mass is 10.2. The molecular weight excluding hydrogens is 304 g/mol. The van der Waals surface area contributed by atoms with E-state index in [2.05, 4.69) is 10.4 Å². The Morgan fingerprint density at radius 2 is 2.05 bits per heavy atom. The van der Waals surface area contributed by atoms with E-state index < -0.39 is 15.9 Å². The highest BCUT2D eigenvalue weighted by Crippen LogP contribution is 2.20. The first-order chi connectivity index (χ1) is 9.29. The number of benzene rings is 1. The van der Waals surface area contributed by atoms with Crippen molar-refractivity contribution < 1.29 is 13.2 Å². The minimum atomic E-state index is -3.98. The normalized spacial score (nSPS) is 11.3. The number of hydrogen-bond donors (Lipinski definition) is 2. The second-order valence-electron chi connectivity index (χ2n) is 3.99. The monoisotopic (exact) mass is 314 g/mol. The molecule has 20 heavy (non-hydrogen) atoms. The van der Waals surface area contributed by atoms with Gasteiger partial charge in [0, 0.05) is 13.2 Å². The Labute approximate surface area is 120 Å². The third kappa shape index (κ3) is 2.98. The molecule has 0 aliphatic rings. The van der Waals surface area contributed by atoms with Crippen LogP contribution >= 0.6 is 11.6 Å². The van der Waals surface area contributed by atoms with E-state index in [-0.39, 0.29) is 21.3 Å². The number of anilines is 1. The maximum absolute atomic E-state index is 12.0. The van der Waals surface area contributed by atoms with Crippen molar-refractivity contribution >= 4 is 33.3 Å². The van der Waals surface area contributed by atoms with Gasteiger partial charge in [0.15, 0.2) is 5.82 Å². The van der Waals surface area contributed by atoms with Crippen molar-refractivity contribution in [2.45, 2.75) is 4.90 Å². The van der Waals surface area contributed by atoms with Crippen molar-refractivity contribution in [1.82, 2.24) is 9.78 Å². The van der Waals surface area contributed by atoms with Crippen LogP contribution in [-0.2, 0) is 17.1 Å². The van der Waals surface area contributed by atoms with Crippen LogP contribution in [0.3, 0.4) is 0 Å². The summed E-state index contributed by atoms with van der Waals surface area (Å²) in [7, 11) is -2.47. The van der Waals surface area contributed by atoms with Gasteiger partial charge in [-0.1, -0.05) is 23.7 Å². The lowest BCUT2D eigenvalue weighted by molar-refractivity contribution is 0.102. The lowest BCUT2D eigenvalue weighted by Crippen LogP contribution is -2.18. The number of amides is 1. The highest BCUT2D eigenvalue weighted by Gasteiger charge is 2.21. The predicted molar refractivity (Wildman–Crippen MR) is 74.0 cm³/mol. The van der Waals surface area contributed by atoms with Crippen molar-refractivity contribution in [3.8, 4) is 0 Å². The number of nitrogens with two attached hydrogens (primary N) is 1. The van der Waals surface area contributed by atoms with Crippen molar-refractivity contribution in [2.75, 3.05) is 5.32 Å². The summed E-state index contributed by atoms with van der Waals surface area (Å²) in [4.78, 5) is 11.8. The number of carbonyl (C=O) groups excluding carboxylic acids is 1. The van der Waals surface area contributed by atoms with Gasteiger partial charge in [0.05, 0.1) is 10.6 Å². The standard InChI is InChI=1S/C11H11ClN4O3S/c1-16-6-9(20(13,18)19)10(15-16)14-11(17)7-4-2-3-5-8(7)12/h2-6H,1H3,(H2,13,18,19)(H,14,15,17). The summed E-state index contributed by atoms with van der Waals surface area (Å²) in [5.41, 5.74) is 0.209. The van der Waals surface area contributed by atoms with Crippen LogP contribution in [0.1, 0.15) is 10.4 Å². The van der Waals surface area contributed by atoms with E-state index in [0.717, 1.165) is 0 Å². The molecule has 2 rings (SSSR count). The fourth-order valence-corrected chi connectivity index (χ4v) is 2.46. The molecule has 0 atom stereocenters. The van der Waals surface area contributed by atoms with Crippen molar-refractivity contribution in [1.29, 1.82) is 0 Å². The van der Waals surface area contributed by atoms with Crippen molar-refractivity contribution in [3.63, 3.8) is 0 Å². The first-order valence-electron chi connectivity index (χ1n) is 5.41. The number of nitrogens with one attached hydrogen (secondary N) is 1. The number of hydrogen-bond acceptors (Lipinski definition) is 4. The maximum Gasteiger partial charge on any atom is 0.258 e. The van der Waals surface area contributed by atoms with Crippen LogP contribution in [0.2, 0.25) is 5.02 Å². The lowest BCUT2D eigenvalue weighted by Gasteiger charge is -2.05. The predicted octanol–water partition coefficient (Wildman–Crippen LogP) is 0.973. The van der Waals surface area contributed by atoms with Gasteiger partial charge in [-0.3, -0.25) is 9.48 Å². The van der Waals surface area contributed by atoms with E-state index in [0.29, 0.717) is 0 Å². The number of halogens is 1. The Morgan fingerprint density at radius 3 is 2.65 bits per heavy atom. The fraction of sp³-hybridized carbons (Fsp3) is 0.0909. The molecule has 0 spiro atoms. The van der Waals surface area contributed by atoms with Crippen molar-refractivity contribution in [3.05, 3.63) is 41.0 Å². The van der Waals surface area contributed by atoms with Crippen LogP contribution in [0.15, 0.2) is 35.4 Å². The van der Waals surface area contributed by atoms with Gasteiger partial charge in [0.25, 0.3) is 5.91 Å². The number of nitrogens with zero attached hydrogens (tertiary/aromatic N) is 2. The first kappa shape index (κ1) is 14.5. The summed E-state index contributed by atoms with van der Waals surface area (Å²) in [5.74, 6) is -0.709. The smallest absolute Gasteiger partial charge is 0.258 e. The Morgan fingerprint density at radius 1 is 1.40 bits per heavy atom. The largest absolute Gasteiger partial charge is 0.304 e. The molecule has 3 N–H and O–H groups in total. The van der Waals surface area contributed by atoms with Gasteiger partial charge < -0.3 is 5.32 Å². The molecule has 0 fully saturated rings. The van der Waals surface area contributed by atoms with Gasteiger partial charge in [-0.15, -0.1) is 0 Å². The van der Waals surface area contributed by atoms with E-state index in [4.69, 9.17) is 16.7 Å². The SMILES string of the molecule is Cn1cc(S(N)(=O)=O)c(NC(=O)c2ccccc2Cl)n1. The molecule has 1 aromatic carbocycles. The van der Waals surface area contributed by atoms with E-state index in [1.807, 2.05) is 0 Å². The van der Waals surface area contributed by atoms with Gasteiger partial charge >= 0.3 is 0 Å². The van der Waals surface area contributed by atoms with Crippen LogP contribution < -0.4 is 10.5 Å². The molecule has 0 aliphatic carbocycles. The van der Waals surface area contributed by atoms with E-state index in [1.165, 1.54) is 24.0 Å². The molecule has 106 valence electrons. The van der Waals surface area contributed by atoms with Crippen LogP contribution in [0.4, 0.5) is 5.82 Å². The average molecular weight is 315 g/mol. The quantitative estimate of drug-likeness (QED) is 0.880. The van der Waals surface area contributed by atoms with E-state index >= 15 is 0 Å². The molecule has 0 aliphatic heterocycles. The molecule has 1 heterocycles. The third-order valence-electron chi connectivity index (χ3n) is 2.45. The Hall–Kier alpha value is -1.90. The number of aryl methyl sites for hydroxylation is 1. The molecule has 9 heteroatoms. The van der Waals surface area contributed by atoms with E-state index in [1.54, 1.807) is 18.2 Å². The minimum absolute atomic E-state index is 0.139. The van der Waals surface area contributed by atoms with Gasteiger partial charge in [0.2, 0.25) is 10.0 Å². The van der Waals surface area contributed by atoms with Gasteiger partial charge in [-0.25, -0.2) is 13.6 Å². The highest BCUT2D eigenvalue weighted by atomic mass is 35.5. The number of sulfonamides is 1. The van der Waals surface area contributed by atoms with Crippen LogP contribution in [-0.4, -0.2) is 24.1 Å². The number of primary sulfonamides is 1. The molecular formula is C11H11ClN4O3S. The topological polar surface area (TPSA) is 107 Å². The highest BCUT2D eigenvalue weighted by molar-refractivity contribution is 7.89. The molecule has 0 radical (unpaired) electrons. The molecule has 0 unspecified atom stereocenters. The Bertz CT molecular complexity index is 770. The Kier molecular flexibility index (Phi) is 3.80. The number of aromatic nitrogens is 2. The van der Waals surface area contributed by atoms with Crippen LogP contribution in [0, 0.1) is 0 Å². The van der Waals surface area contributed by atoms with E-state index in [9.17, 15) is 13.2 Å². The molecule has 0 saturated heterocycles. The maximum atomic E-state index is 12.0. The molecule has 1 amide bonds. The number of rotatable bonds is 3. The summed E-state index contributed by atoms with van der Waals surface area (Å²) in [6.45, 7) is 0. The van der Waals surface area contributed by atoms with Gasteiger partial charge in [-0.05, 0) is 12.1 Å². The van der Waals surface area contributed by atoms with Crippen molar-refractivity contribution in [2.24, 2.45) is 12.2 Å². The minimum Gasteiger partial charge on any atom is -0.304 e. The summed E-state index contributed by atoms with van der Waals surface area (Å²) in [5, 5.41) is 11.5. The molecule has 2 aromatic rings. The zero-order valence-corrected chi connectivity index (χ0v) is 11.9. The Balaban J connectivity index is 2.37.